The van der Waals surface area contributed by atoms with Gasteiger partial charge in [-0.3, -0.25) is 0 Å². The molecule has 3 heterocycles. The first kappa shape index (κ1) is 21.4. The van der Waals surface area contributed by atoms with Crippen LogP contribution in [0.3, 0.4) is 0 Å². The summed E-state index contributed by atoms with van der Waals surface area (Å²) in [4.78, 5) is 9.68. The Balaban J connectivity index is 1.57. The molecule has 172 valence electrons. The van der Waals surface area contributed by atoms with Gasteiger partial charge in [0.25, 0.3) is 12.3 Å². The predicted molar refractivity (Wildman–Crippen MR) is 108 cm³/mol. The minimum atomic E-state index is -3.46. The quantitative estimate of drug-likeness (QED) is 0.674. The molecule has 12 heteroatoms. The number of aromatic nitrogens is 2. The Kier molecular flexibility index (Phi) is 4.86. The smallest absolute Gasteiger partial charge is 0.290 e. The summed E-state index contributed by atoms with van der Waals surface area (Å²) in [5, 5.41) is 0. The van der Waals surface area contributed by atoms with Crippen LogP contribution in [0.1, 0.15) is 35.7 Å². The summed E-state index contributed by atoms with van der Waals surface area (Å²) in [7, 11) is -3.46. The van der Waals surface area contributed by atoms with Gasteiger partial charge in [0.15, 0.2) is 0 Å². The van der Waals surface area contributed by atoms with Crippen molar-refractivity contribution < 1.29 is 30.7 Å². The Morgan fingerprint density at radius 3 is 2.72 bits per heavy atom. The van der Waals surface area contributed by atoms with Crippen molar-refractivity contribution in [1.82, 2.24) is 14.7 Å². The number of sulfonamides is 1. The number of nitrogens with one attached hydrogen (secondary N) is 1. The summed E-state index contributed by atoms with van der Waals surface area (Å²) in [6.45, 7) is 0.367. The number of halogens is 4. The van der Waals surface area contributed by atoms with E-state index in [0.29, 0.717) is 16.9 Å². The summed E-state index contributed by atoms with van der Waals surface area (Å²) < 4.78 is 86.8. The lowest BCUT2D eigenvalue weighted by atomic mass is 10.0. The highest BCUT2D eigenvalue weighted by Gasteiger charge is 2.45. The number of ether oxygens (including phenoxy) is 1. The highest BCUT2D eigenvalue weighted by atomic mass is 32.2. The minimum absolute atomic E-state index is 0.0619. The van der Waals surface area contributed by atoms with E-state index in [4.69, 9.17) is 4.74 Å². The van der Waals surface area contributed by atoms with Gasteiger partial charge in [0.05, 0.1) is 24.0 Å². The first-order valence-corrected chi connectivity index (χ1v) is 12.0. The standard InChI is InChI=1S/C20H20F4N4O3S/c1-32(29,30)27-13-9-31-15-8-10(2-3-11(13)15)16-12-4-6-20(23,24)17(12)26-19(25-16)28-7-5-14(28)18(21)22/h2-3,8,13-14,18,27H,4-7,9H2,1H3/t13-,14-/m0/s1. The molecular formula is C20H20F4N4O3S. The van der Waals surface area contributed by atoms with Crippen LogP contribution in [-0.2, 0) is 22.4 Å². The molecule has 1 aromatic carbocycles. The second-order valence-corrected chi connectivity index (χ2v) is 10.1. The van der Waals surface area contributed by atoms with Gasteiger partial charge in [-0.05, 0) is 18.9 Å². The average molecular weight is 472 g/mol. The molecule has 3 aliphatic rings. The van der Waals surface area contributed by atoms with E-state index in [1.807, 2.05) is 0 Å². The van der Waals surface area contributed by atoms with Gasteiger partial charge in [0.2, 0.25) is 16.0 Å². The third kappa shape index (κ3) is 3.58. The third-order valence-corrected chi connectivity index (χ3v) is 6.78. The van der Waals surface area contributed by atoms with Crippen molar-refractivity contribution >= 4 is 16.0 Å². The molecule has 0 radical (unpaired) electrons. The van der Waals surface area contributed by atoms with E-state index in [9.17, 15) is 26.0 Å². The molecule has 0 amide bonds. The first-order chi connectivity index (χ1) is 15.0. The van der Waals surface area contributed by atoms with Crippen LogP contribution in [0.2, 0.25) is 0 Å². The second kappa shape index (κ2) is 7.27. The van der Waals surface area contributed by atoms with Crippen LogP contribution in [0.5, 0.6) is 5.75 Å². The fraction of sp³-hybridized carbons (Fsp3) is 0.500. The normalized spacial score (nSPS) is 23.6. The van der Waals surface area contributed by atoms with E-state index in [1.165, 1.54) is 4.90 Å². The summed E-state index contributed by atoms with van der Waals surface area (Å²) in [5.74, 6) is -2.88. The molecule has 1 saturated heterocycles. The van der Waals surface area contributed by atoms with E-state index in [1.54, 1.807) is 18.2 Å². The number of hydrogen-bond donors (Lipinski definition) is 1. The fourth-order valence-electron chi connectivity index (χ4n) is 4.41. The zero-order valence-electron chi connectivity index (χ0n) is 17.0. The highest BCUT2D eigenvalue weighted by Crippen LogP contribution is 2.46. The average Bonchev–Trinajstić information content (AvgIpc) is 3.19. The highest BCUT2D eigenvalue weighted by molar-refractivity contribution is 7.88. The van der Waals surface area contributed by atoms with Crippen molar-refractivity contribution in [2.24, 2.45) is 0 Å². The number of rotatable bonds is 5. The van der Waals surface area contributed by atoms with E-state index >= 15 is 0 Å². The molecule has 2 aromatic rings. The lowest BCUT2D eigenvalue weighted by Gasteiger charge is -2.40. The molecule has 1 aliphatic carbocycles. The van der Waals surface area contributed by atoms with Gasteiger partial charge >= 0.3 is 0 Å². The van der Waals surface area contributed by atoms with Crippen LogP contribution in [0.25, 0.3) is 11.3 Å². The number of benzene rings is 1. The zero-order valence-corrected chi connectivity index (χ0v) is 17.8. The lowest BCUT2D eigenvalue weighted by Crippen LogP contribution is -2.53. The van der Waals surface area contributed by atoms with E-state index < -0.39 is 46.6 Å². The van der Waals surface area contributed by atoms with Crippen LogP contribution >= 0.6 is 0 Å². The maximum atomic E-state index is 14.5. The molecule has 1 fully saturated rings. The number of fused-ring (bicyclic) bond motifs is 2. The topological polar surface area (TPSA) is 84.4 Å². The Bertz CT molecular complexity index is 1190. The van der Waals surface area contributed by atoms with Crippen molar-refractivity contribution in [3.05, 3.63) is 35.0 Å². The minimum Gasteiger partial charge on any atom is -0.491 e. The van der Waals surface area contributed by atoms with Gasteiger partial charge in [0.1, 0.15) is 18.1 Å². The Labute approximate surface area is 181 Å². The van der Waals surface area contributed by atoms with Gasteiger partial charge in [-0.25, -0.2) is 31.9 Å². The molecule has 32 heavy (non-hydrogen) atoms. The summed E-state index contributed by atoms with van der Waals surface area (Å²) in [6, 6.07) is 3.27. The monoisotopic (exact) mass is 472 g/mol. The van der Waals surface area contributed by atoms with E-state index in [-0.39, 0.29) is 43.2 Å². The maximum Gasteiger partial charge on any atom is 0.290 e. The third-order valence-electron chi connectivity index (χ3n) is 6.07. The summed E-state index contributed by atoms with van der Waals surface area (Å²) >= 11 is 0. The summed E-state index contributed by atoms with van der Waals surface area (Å²) in [6.07, 6.45) is -1.70. The van der Waals surface area contributed by atoms with Crippen LogP contribution in [0.15, 0.2) is 18.2 Å². The number of nitrogens with zero attached hydrogens (tertiary/aromatic N) is 3. The number of anilines is 1. The molecule has 0 saturated carbocycles. The molecule has 7 nitrogen and oxygen atoms in total. The molecule has 5 rings (SSSR count). The molecule has 0 unspecified atom stereocenters. The number of alkyl halides is 4. The second-order valence-electron chi connectivity index (χ2n) is 8.29. The zero-order chi connectivity index (χ0) is 22.8. The Morgan fingerprint density at radius 1 is 1.28 bits per heavy atom. The largest absolute Gasteiger partial charge is 0.491 e. The van der Waals surface area contributed by atoms with E-state index in [0.717, 1.165) is 6.26 Å². The van der Waals surface area contributed by atoms with Crippen molar-refractivity contribution in [3.8, 4) is 17.0 Å². The van der Waals surface area contributed by atoms with Gasteiger partial charge < -0.3 is 9.64 Å². The molecule has 0 spiro atoms. The van der Waals surface area contributed by atoms with Crippen molar-refractivity contribution in [3.63, 3.8) is 0 Å². The Morgan fingerprint density at radius 2 is 2.06 bits per heavy atom. The van der Waals surface area contributed by atoms with Crippen LogP contribution in [-0.4, -0.2) is 50.3 Å². The van der Waals surface area contributed by atoms with Gasteiger partial charge in [-0.1, -0.05) is 12.1 Å². The maximum absolute atomic E-state index is 14.5. The first-order valence-electron chi connectivity index (χ1n) is 10.1. The molecule has 2 atom stereocenters. The molecule has 1 aromatic heterocycles. The van der Waals surface area contributed by atoms with Crippen molar-refractivity contribution in [2.45, 2.75) is 43.7 Å². The van der Waals surface area contributed by atoms with Gasteiger partial charge in [-0.15, -0.1) is 0 Å². The molecule has 1 N–H and O–H groups in total. The SMILES string of the molecule is CS(=O)(=O)N[C@H]1COc2cc(-c3nc(N4CC[C@H]4C(F)F)nc4c3CCC4(F)F)ccc21. The van der Waals surface area contributed by atoms with Crippen LogP contribution in [0, 0.1) is 0 Å². The molecule has 2 aliphatic heterocycles. The number of hydrogen-bond acceptors (Lipinski definition) is 6. The summed E-state index contributed by atoms with van der Waals surface area (Å²) in [5.41, 5.74) is 1.23. The van der Waals surface area contributed by atoms with Crippen LogP contribution in [0.4, 0.5) is 23.5 Å². The van der Waals surface area contributed by atoms with Crippen LogP contribution < -0.4 is 14.4 Å². The predicted octanol–water partition coefficient (Wildman–Crippen LogP) is 3.01. The Hall–Kier alpha value is -2.47. The van der Waals surface area contributed by atoms with Gasteiger partial charge in [0, 0.05) is 29.7 Å². The van der Waals surface area contributed by atoms with Crippen molar-refractivity contribution in [1.29, 1.82) is 0 Å². The fourth-order valence-corrected chi connectivity index (χ4v) is 5.12. The van der Waals surface area contributed by atoms with Crippen molar-refractivity contribution in [2.75, 3.05) is 24.3 Å². The molecular weight excluding hydrogens is 452 g/mol. The lowest BCUT2D eigenvalue weighted by molar-refractivity contribution is -0.00600. The van der Waals surface area contributed by atoms with Gasteiger partial charge in [-0.2, -0.15) is 8.78 Å². The van der Waals surface area contributed by atoms with E-state index in [2.05, 4.69) is 14.7 Å². The molecule has 0 bridgehead atoms.